The molecule has 0 heterocycles. The van der Waals surface area contributed by atoms with Crippen molar-refractivity contribution in [2.24, 2.45) is 11.7 Å². The number of methoxy groups -OCH3 is 1. The van der Waals surface area contributed by atoms with Gasteiger partial charge >= 0.3 is 0 Å². The van der Waals surface area contributed by atoms with Crippen LogP contribution in [-0.4, -0.2) is 13.7 Å². The molecule has 86 valence electrons. The van der Waals surface area contributed by atoms with Crippen LogP contribution in [0.4, 0.5) is 0 Å². The molecule has 16 heavy (non-hydrogen) atoms. The van der Waals surface area contributed by atoms with E-state index in [-0.39, 0.29) is 0 Å². The summed E-state index contributed by atoms with van der Waals surface area (Å²) in [5, 5.41) is 0. The van der Waals surface area contributed by atoms with Crippen molar-refractivity contribution in [1.82, 2.24) is 0 Å². The minimum atomic E-state index is 0.551. The Bertz CT molecular complexity index is 384. The van der Waals surface area contributed by atoms with Crippen LogP contribution < -0.4 is 10.5 Å². The van der Waals surface area contributed by atoms with Crippen LogP contribution in [0.2, 0.25) is 0 Å². The Morgan fingerprint density at radius 3 is 3.06 bits per heavy atom. The second kappa shape index (κ2) is 5.17. The van der Waals surface area contributed by atoms with Crippen LogP contribution in [-0.2, 0) is 0 Å². The summed E-state index contributed by atoms with van der Waals surface area (Å²) in [6.07, 6.45) is 5.96. The molecule has 1 aliphatic rings. The molecule has 2 rings (SSSR count). The second-order valence-electron chi connectivity index (χ2n) is 4.31. The largest absolute Gasteiger partial charge is 0.497 e. The fourth-order valence-electron chi connectivity index (χ4n) is 2.26. The Morgan fingerprint density at radius 2 is 2.31 bits per heavy atom. The molecule has 0 aliphatic heterocycles. The molecular weight excluding hydrogens is 198 g/mol. The summed E-state index contributed by atoms with van der Waals surface area (Å²) in [7, 11) is 1.71. The molecule has 0 saturated heterocycles. The van der Waals surface area contributed by atoms with Crippen molar-refractivity contribution >= 4 is 5.57 Å². The molecule has 1 aromatic rings. The van der Waals surface area contributed by atoms with Crippen LogP contribution in [0.3, 0.4) is 0 Å². The first-order chi connectivity index (χ1) is 7.83. The Morgan fingerprint density at radius 1 is 1.44 bits per heavy atom. The third-order valence-electron chi connectivity index (χ3n) is 3.20. The maximum Gasteiger partial charge on any atom is 0.119 e. The van der Waals surface area contributed by atoms with Crippen molar-refractivity contribution in [1.29, 1.82) is 0 Å². The van der Waals surface area contributed by atoms with Gasteiger partial charge in [0.1, 0.15) is 5.75 Å². The van der Waals surface area contributed by atoms with Crippen molar-refractivity contribution in [2.75, 3.05) is 13.7 Å². The Hall–Kier alpha value is -1.28. The first-order valence-corrected chi connectivity index (χ1v) is 5.88. The van der Waals surface area contributed by atoms with Crippen LogP contribution >= 0.6 is 0 Å². The molecule has 2 heteroatoms. The van der Waals surface area contributed by atoms with E-state index in [0.29, 0.717) is 5.92 Å². The topological polar surface area (TPSA) is 35.2 Å². The number of ether oxygens (including phenoxy) is 1. The zero-order chi connectivity index (χ0) is 11.4. The number of benzene rings is 1. The maximum absolute atomic E-state index is 5.73. The fourth-order valence-corrected chi connectivity index (χ4v) is 2.26. The lowest BCUT2D eigenvalue weighted by atomic mass is 9.87. The van der Waals surface area contributed by atoms with E-state index in [1.807, 2.05) is 12.1 Å². The smallest absolute Gasteiger partial charge is 0.119 e. The van der Waals surface area contributed by atoms with E-state index < -0.39 is 0 Å². The third kappa shape index (κ3) is 2.45. The highest BCUT2D eigenvalue weighted by Crippen LogP contribution is 2.30. The lowest BCUT2D eigenvalue weighted by molar-refractivity contribution is 0.414. The molecule has 0 bridgehead atoms. The van der Waals surface area contributed by atoms with Crippen molar-refractivity contribution < 1.29 is 4.74 Å². The Balaban J connectivity index is 2.25. The Kier molecular flexibility index (Phi) is 3.62. The SMILES string of the molecule is COc1cccc(C2=CC(CN)CCC2)c1. The average Bonchev–Trinajstić information content (AvgIpc) is 2.39. The van der Waals surface area contributed by atoms with Gasteiger partial charge in [0.15, 0.2) is 0 Å². The van der Waals surface area contributed by atoms with Crippen LogP contribution in [0.15, 0.2) is 30.3 Å². The van der Waals surface area contributed by atoms with Crippen LogP contribution in [0.5, 0.6) is 5.75 Å². The van der Waals surface area contributed by atoms with Gasteiger partial charge in [-0.25, -0.2) is 0 Å². The minimum Gasteiger partial charge on any atom is -0.497 e. The normalized spacial score (nSPS) is 20.4. The first kappa shape index (κ1) is 11.2. The predicted molar refractivity (Wildman–Crippen MR) is 67.4 cm³/mol. The van der Waals surface area contributed by atoms with Crippen molar-refractivity contribution in [3.8, 4) is 5.75 Å². The van der Waals surface area contributed by atoms with E-state index >= 15 is 0 Å². The van der Waals surface area contributed by atoms with Gasteiger partial charge in [0.2, 0.25) is 0 Å². The first-order valence-electron chi connectivity index (χ1n) is 5.88. The summed E-state index contributed by atoms with van der Waals surface area (Å²) in [6, 6.07) is 8.27. The van der Waals surface area contributed by atoms with Crippen LogP contribution in [0, 0.1) is 5.92 Å². The van der Waals surface area contributed by atoms with Gasteiger partial charge in [-0.2, -0.15) is 0 Å². The highest BCUT2D eigenvalue weighted by Gasteiger charge is 2.13. The number of allylic oxidation sites excluding steroid dienone is 1. The lowest BCUT2D eigenvalue weighted by Gasteiger charge is -2.20. The minimum absolute atomic E-state index is 0.551. The van der Waals surface area contributed by atoms with Gasteiger partial charge in [0, 0.05) is 0 Å². The molecule has 0 spiro atoms. The molecule has 2 nitrogen and oxygen atoms in total. The summed E-state index contributed by atoms with van der Waals surface area (Å²) < 4.78 is 5.25. The highest BCUT2D eigenvalue weighted by molar-refractivity contribution is 5.67. The molecule has 0 saturated carbocycles. The molecule has 1 aromatic carbocycles. The maximum atomic E-state index is 5.73. The van der Waals surface area contributed by atoms with E-state index in [1.54, 1.807) is 7.11 Å². The molecular formula is C14H19NO. The zero-order valence-corrected chi connectivity index (χ0v) is 9.78. The highest BCUT2D eigenvalue weighted by atomic mass is 16.5. The zero-order valence-electron chi connectivity index (χ0n) is 9.78. The average molecular weight is 217 g/mol. The van der Waals surface area contributed by atoms with E-state index in [9.17, 15) is 0 Å². The summed E-state index contributed by atoms with van der Waals surface area (Å²) in [5.74, 6) is 1.48. The van der Waals surface area contributed by atoms with E-state index in [1.165, 1.54) is 24.0 Å². The van der Waals surface area contributed by atoms with Gasteiger partial charge in [-0.05, 0) is 55.0 Å². The van der Waals surface area contributed by atoms with Crippen LogP contribution in [0.1, 0.15) is 24.8 Å². The number of hydrogen-bond acceptors (Lipinski definition) is 2. The van der Waals surface area contributed by atoms with E-state index in [0.717, 1.165) is 18.7 Å². The quantitative estimate of drug-likeness (QED) is 0.845. The summed E-state index contributed by atoms with van der Waals surface area (Å²) >= 11 is 0. The molecule has 0 fully saturated rings. The van der Waals surface area contributed by atoms with Crippen molar-refractivity contribution in [2.45, 2.75) is 19.3 Å². The lowest BCUT2D eigenvalue weighted by Crippen LogP contribution is -2.15. The fraction of sp³-hybridized carbons (Fsp3) is 0.429. The summed E-state index contributed by atoms with van der Waals surface area (Å²) in [5.41, 5.74) is 8.42. The third-order valence-corrected chi connectivity index (χ3v) is 3.20. The van der Waals surface area contributed by atoms with E-state index in [2.05, 4.69) is 18.2 Å². The second-order valence-corrected chi connectivity index (χ2v) is 4.31. The van der Waals surface area contributed by atoms with Crippen LogP contribution in [0.25, 0.3) is 5.57 Å². The summed E-state index contributed by atoms with van der Waals surface area (Å²) in [6.45, 7) is 0.757. The number of rotatable bonds is 3. The molecule has 1 atom stereocenters. The molecule has 2 N–H and O–H groups in total. The molecule has 0 radical (unpaired) electrons. The van der Waals surface area contributed by atoms with Gasteiger partial charge in [-0.1, -0.05) is 18.2 Å². The molecule has 1 aliphatic carbocycles. The monoisotopic (exact) mass is 217 g/mol. The van der Waals surface area contributed by atoms with Gasteiger partial charge < -0.3 is 10.5 Å². The van der Waals surface area contributed by atoms with Gasteiger partial charge in [0.05, 0.1) is 7.11 Å². The Labute approximate surface area is 97.1 Å². The summed E-state index contributed by atoms with van der Waals surface area (Å²) in [4.78, 5) is 0. The molecule has 1 unspecified atom stereocenters. The number of nitrogens with two attached hydrogens (primary N) is 1. The van der Waals surface area contributed by atoms with Gasteiger partial charge in [0.25, 0.3) is 0 Å². The van der Waals surface area contributed by atoms with Gasteiger partial charge in [-0.15, -0.1) is 0 Å². The molecule has 0 amide bonds. The van der Waals surface area contributed by atoms with Gasteiger partial charge in [-0.3, -0.25) is 0 Å². The van der Waals surface area contributed by atoms with Crippen molar-refractivity contribution in [3.63, 3.8) is 0 Å². The molecule has 0 aromatic heterocycles. The predicted octanol–water partition coefficient (Wildman–Crippen LogP) is 2.84. The standard InChI is InChI=1S/C14H19NO/c1-16-14-7-3-6-13(9-14)12-5-2-4-11(8-12)10-15/h3,6-9,11H,2,4-5,10,15H2,1H3. The number of hydrogen-bond donors (Lipinski definition) is 1. The van der Waals surface area contributed by atoms with E-state index in [4.69, 9.17) is 10.5 Å². The van der Waals surface area contributed by atoms with Crippen molar-refractivity contribution in [3.05, 3.63) is 35.9 Å².